The molecule has 0 unspecified atom stereocenters. The van der Waals surface area contributed by atoms with Crippen molar-refractivity contribution in [2.75, 3.05) is 19.0 Å². The number of carbonyl (C=O) groups excluding carboxylic acids is 2. The average Bonchev–Trinajstić information content (AvgIpc) is 3.31. The Morgan fingerprint density at radius 2 is 1.80 bits per heavy atom. The van der Waals surface area contributed by atoms with E-state index in [1.165, 1.54) is 7.11 Å². The second-order valence-electron chi connectivity index (χ2n) is 7.67. The number of nitrogens with zero attached hydrogens (tertiary/aromatic N) is 1. The molecule has 1 heterocycles. The molecule has 1 N–H and O–H groups in total. The quantitative estimate of drug-likeness (QED) is 0.291. The summed E-state index contributed by atoms with van der Waals surface area (Å²) in [5.41, 5.74) is 2.79. The number of anilines is 1. The van der Waals surface area contributed by atoms with Crippen molar-refractivity contribution in [3.63, 3.8) is 0 Å². The minimum Gasteiger partial charge on any atom is -0.495 e. The molecule has 1 aromatic heterocycles. The first-order valence-corrected chi connectivity index (χ1v) is 11.1. The van der Waals surface area contributed by atoms with Gasteiger partial charge >= 0.3 is 5.97 Å². The van der Waals surface area contributed by atoms with Crippen LogP contribution in [0.3, 0.4) is 0 Å². The number of fused-ring (bicyclic) bond motifs is 2. The zero-order chi connectivity index (χ0) is 24.4. The molecule has 0 aliphatic rings. The molecule has 0 radical (unpaired) electrons. The normalized spacial score (nSPS) is 10.9. The number of para-hydroxylation sites is 2. The first kappa shape index (κ1) is 22.4. The Morgan fingerprint density at radius 3 is 2.57 bits per heavy atom. The van der Waals surface area contributed by atoms with Crippen molar-refractivity contribution in [1.82, 2.24) is 4.98 Å². The molecule has 0 saturated carbocycles. The van der Waals surface area contributed by atoms with Crippen LogP contribution >= 0.6 is 11.6 Å². The van der Waals surface area contributed by atoms with Gasteiger partial charge in [0, 0.05) is 16.6 Å². The summed E-state index contributed by atoms with van der Waals surface area (Å²) in [6.45, 7) is -0.468. The van der Waals surface area contributed by atoms with Crippen LogP contribution in [0.15, 0.2) is 83.3 Å². The first-order valence-electron chi connectivity index (χ1n) is 10.7. The highest BCUT2D eigenvalue weighted by atomic mass is 35.5. The number of carbonyl (C=O) groups is 2. The Kier molecular flexibility index (Phi) is 6.08. The van der Waals surface area contributed by atoms with E-state index in [4.69, 9.17) is 25.5 Å². The molecule has 35 heavy (non-hydrogen) atoms. The number of aromatic nitrogens is 1. The largest absolute Gasteiger partial charge is 0.495 e. The smallest absolute Gasteiger partial charge is 0.339 e. The third-order valence-corrected chi connectivity index (χ3v) is 5.71. The fraction of sp³-hybridized carbons (Fsp3) is 0.0741. The topological polar surface area (TPSA) is 90.7 Å². The van der Waals surface area contributed by atoms with Gasteiger partial charge in [0.2, 0.25) is 5.89 Å². The number of esters is 1. The Hall–Kier alpha value is -4.36. The van der Waals surface area contributed by atoms with Crippen molar-refractivity contribution in [2.45, 2.75) is 0 Å². The van der Waals surface area contributed by atoms with E-state index in [0.29, 0.717) is 44.4 Å². The average molecular weight is 487 g/mol. The molecule has 0 atom stereocenters. The predicted molar refractivity (Wildman–Crippen MR) is 134 cm³/mol. The minimum atomic E-state index is -0.637. The molecule has 174 valence electrons. The van der Waals surface area contributed by atoms with Gasteiger partial charge in [0.25, 0.3) is 5.91 Å². The number of methoxy groups -OCH3 is 1. The fourth-order valence-electron chi connectivity index (χ4n) is 3.83. The lowest BCUT2D eigenvalue weighted by Crippen LogP contribution is -2.21. The first-order chi connectivity index (χ1) is 17.0. The number of hydrogen-bond donors (Lipinski definition) is 1. The molecule has 5 rings (SSSR count). The highest BCUT2D eigenvalue weighted by Crippen LogP contribution is 2.33. The summed E-state index contributed by atoms with van der Waals surface area (Å²) >= 11 is 6.09. The maximum Gasteiger partial charge on any atom is 0.339 e. The van der Waals surface area contributed by atoms with Crippen LogP contribution in [0, 0.1) is 0 Å². The van der Waals surface area contributed by atoms with Crippen molar-refractivity contribution >= 4 is 51.0 Å². The number of ether oxygens (including phenoxy) is 2. The van der Waals surface area contributed by atoms with E-state index in [0.717, 1.165) is 10.9 Å². The van der Waals surface area contributed by atoms with Gasteiger partial charge in [0.05, 0.1) is 17.7 Å². The van der Waals surface area contributed by atoms with Crippen LogP contribution < -0.4 is 10.1 Å². The lowest BCUT2D eigenvalue weighted by Gasteiger charge is -2.11. The van der Waals surface area contributed by atoms with Crippen molar-refractivity contribution in [2.24, 2.45) is 0 Å². The van der Waals surface area contributed by atoms with Crippen molar-refractivity contribution in [3.8, 4) is 17.2 Å². The molecule has 8 heteroatoms. The van der Waals surface area contributed by atoms with E-state index in [9.17, 15) is 9.59 Å². The number of halogens is 1. The van der Waals surface area contributed by atoms with Crippen molar-refractivity contribution in [1.29, 1.82) is 0 Å². The number of nitrogens with one attached hydrogen (secondary N) is 1. The summed E-state index contributed by atoms with van der Waals surface area (Å²) in [5, 5.41) is 4.45. The van der Waals surface area contributed by atoms with Crippen LogP contribution in [-0.4, -0.2) is 30.6 Å². The maximum absolute atomic E-state index is 13.0. The zero-order valence-corrected chi connectivity index (χ0v) is 19.3. The van der Waals surface area contributed by atoms with E-state index < -0.39 is 18.5 Å². The van der Waals surface area contributed by atoms with Gasteiger partial charge in [-0.05, 0) is 47.9 Å². The lowest BCUT2D eigenvalue weighted by molar-refractivity contribution is -0.119. The Balaban J connectivity index is 1.39. The third-order valence-electron chi connectivity index (χ3n) is 5.42. The molecule has 0 aliphatic heterocycles. The number of rotatable bonds is 6. The molecule has 4 aromatic carbocycles. The fourth-order valence-corrected chi connectivity index (χ4v) is 4.08. The summed E-state index contributed by atoms with van der Waals surface area (Å²) < 4.78 is 16.4. The molecule has 0 bridgehead atoms. The highest BCUT2D eigenvalue weighted by molar-refractivity contribution is 6.32. The number of hydrogen-bond acceptors (Lipinski definition) is 6. The van der Waals surface area contributed by atoms with Gasteiger partial charge in [0.1, 0.15) is 11.3 Å². The number of oxazole rings is 1. The van der Waals surface area contributed by atoms with Gasteiger partial charge in [-0.25, -0.2) is 9.78 Å². The standard InChI is InChI=1S/C27H19ClN2O5/c1-33-22-13-12-17(14-20(22)28)29-24(31)15-34-27(32)19-9-5-7-16-6-4-8-18(25(16)19)26-30-21-10-2-3-11-23(21)35-26/h2-14H,15H2,1H3,(H,29,31). The molecular weight excluding hydrogens is 468 g/mol. The van der Waals surface area contributed by atoms with Gasteiger partial charge in [-0.1, -0.05) is 48.0 Å². The highest BCUT2D eigenvalue weighted by Gasteiger charge is 2.19. The van der Waals surface area contributed by atoms with Crippen LogP contribution in [0.1, 0.15) is 10.4 Å². The number of amides is 1. The second-order valence-corrected chi connectivity index (χ2v) is 8.08. The molecule has 0 saturated heterocycles. The summed E-state index contributed by atoms with van der Waals surface area (Å²) in [4.78, 5) is 30.0. The molecular formula is C27H19ClN2O5. The Labute approximate surface area is 205 Å². The van der Waals surface area contributed by atoms with E-state index >= 15 is 0 Å². The van der Waals surface area contributed by atoms with Crippen LogP contribution in [0.2, 0.25) is 5.02 Å². The summed E-state index contributed by atoms with van der Waals surface area (Å²) in [7, 11) is 1.50. The maximum atomic E-state index is 13.0. The summed E-state index contributed by atoms with van der Waals surface area (Å²) in [6, 6.07) is 23.2. The monoisotopic (exact) mass is 486 g/mol. The van der Waals surface area contributed by atoms with Gasteiger partial charge in [-0.3, -0.25) is 4.79 Å². The molecule has 0 aliphatic carbocycles. The Morgan fingerprint density at radius 1 is 1.00 bits per heavy atom. The molecule has 1 amide bonds. The van der Waals surface area contributed by atoms with Crippen LogP contribution in [0.25, 0.3) is 33.3 Å². The molecule has 5 aromatic rings. The molecule has 0 fully saturated rings. The summed E-state index contributed by atoms with van der Waals surface area (Å²) in [5.74, 6) is -0.256. The van der Waals surface area contributed by atoms with E-state index in [2.05, 4.69) is 10.3 Å². The van der Waals surface area contributed by atoms with Gasteiger partial charge in [-0.2, -0.15) is 0 Å². The van der Waals surface area contributed by atoms with Crippen LogP contribution in [0.4, 0.5) is 5.69 Å². The van der Waals surface area contributed by atoms with Gasteiger partial charge in [0.15, 0.2) is 12.2 Å². The minimum absolute atomic E-state index is 0.306. The van der Waals surface area contributed by atoms with Gasteiger partial charge in [-0.15, -0.1) is 0 Å². The predicted octanol–water partition coefficient (Wildman–Crippen LogP) is 6.11. The molecule has 0 spiro atoms. The van der Waals surface area contributed by atoms with E-state index in [-0.39, 0.29) is 0 Å². The van der Waals surface area contributed by atoms with E-state index in [1.54, 1.807) is 30.3 Å². The third kappa shape index (κ3) is 4.54. The Bertz CT molecular complexity index is 1540. The summed E-state index contributed by atoms with van der Waals surface area (Å²) in [6.07, 6.45) is 0. The SMILES string of the molecule is COc1ccc(NC(=O)COC(=O)c2cccc3cccc(-c4nc5ccccc5o4)c23)cc1Cl. The second kappa shape index (κ2) is 9.48. The van der Waals surface area contributed by atoms with Crippen LogP contribution in [-0.2, 0) is 9.53 Å². The number of benzene rings is 4. The van der Waals surface area contributed by atoms with Crippen molar-refractivity contribution < 1.29 is 23.5 Å². The van der Waals surface area contributed by atoms with Crippen molar-refractivity contribution in [3.05, 3.63) is 89.4 Å². The molecule has 7 nitrogen and oxygen atoms in total. The van der Waals surface area contributed by atoms with E-state index in [1.807, 2.05) is 48.5 Å². The van der Waals surface area contributed by atoms with Gasteiger partial charge < -0.3 is 19.2 Å². The lowest BCUT2D eigenvalue weighted by atomic mass is 9.99. The van der Waals surface area contributed by atoms with Crippen LogP contribution in [0.5, 0.6) is 5.75 Å². The zero-order valence-electron chi connectivity index (χ0n) is 18.6.